The van der Waals surface area contributed by atoms with Gasteiger partial charge in [-0.25, -0.2) is 0 Å². The van der Waals surface area contributed by atoms with Crippen molar-refractivity contribution in [2.75, 3.05) is 16.9 Å². The second-order valence-electron chi connectivity index (χ2n) is 7.73. The second kappa shape index (κ2) is 9.39. The summed E-state index contributed by atoms with van der Waals surface area (Å²) in [6.45, 7) is 0. The molecule has 1 fully saturated rings. The van der Waals surface area contributed by atoms with Crippen LogP contribution in [0.1, 0.15) is 54.3 Å². The van der Waals surface area contributed by atoms with E-state index < -0.39 is 16.0 Å². The highest BCUT2D eigenvalue weighted by atomic mass is 32.2. The Morgan fingerprint density at radius 2 is 1.75 bits per heavy atom. The van der Waals surface area contributed by atoms with Crippen molar-refractivity contribution in [2.45, 2.75) is 38.0 Å². The number of carbonyl (C=O) groups excluding carboxylic acids is 1. The molecule has 0 radical (unpaired) electrons. The van der Waals surface area contributed by atoms with Crippen LogP contribution in [0.3, 0.4) is 0 Å². The number of para-hydroxylation sites is 2. The Labute approximate surface area is 186 Å². The van der Waals surface area contributed by atoms with Gasteiger partial charge >= 0.3 is 27.9 Å². The standard InChI is InChI=1S/C22H24N4O5S/c1-32(28,29)31-19-10-6-5-9-18(19)24-22-26-25-21(30-22)20(27)23-17-13-11-16(12-14-17)15-7-3-2-4-8-15/h5-6,9-15H,2-4,7-8H2,1H3,(H,23,27)(H,24,26). The molecule has 1 aliphatic carbocycles. The van der Waals surface area contributed by atoms with E-state index in [0.29, 0.717) is 17.3 Å². The molecule has 32 heavy (non-hydrogen) atoms. The van der Waals surface area contributed by atoms with Crippen molar-refractivity contribution in [1.82, 2.24) is 10.2 Å². The van der Waals surface area contributed by atoms with Gasteiger partial charge in [-0.1, -0.05) is 48.6 Å². The summed E-state index contributed by atoms with van der Waals surface area (Å²) in [4.78, 5) is 12.5. The second-order valence-corrected chi connectivity index (χ2v) is 9.31. The van der Waals surface area contributed by atoms with E-state index in [0.717, 1.165) is 6.26 Å². The van der Waals surface area contributed by atoms with Gasteiger partial charge in [0.2, 0.25) is 0 Å². The molecule has 1 aliphatic rings. The van der Waals surface area contributed by atoms with Crippen LogP contribution in [-0.2, 0) is 10.1 Å². The number of amides is 1. The zero-order valence-corrected chi connectivity index (χ0v) is 18.4. The molecule has 0 bridgehead atoms. The lowest BCUT2D eigenvalue weighted by Crippen LogP contribution is -2.12. The number of anilines is 3. The third-order valence-electron chi connectivity index (χ3n) is 5.23. The van der Waals surface area contributed by atoms with Crippen molar-refractivity contribution >= 4 is 33.4 Å². The molecule has 0 saturated heterocycles. The molecule has 2 aromatic carbocycles. The summed E-state index contributed by atoms with van der Waals surface area (Å²) in [6.07, 6.45) is 7.20. The number of nitrogens with one attached hydrogen (secondary N) is 2. The zero-order valence-electron chi connectivity index (χ0n) is 17.6. The third kappa shape index (κ3) is 5.64. The lowest BCUT2D eigenvalue weighted by atomic mass is 9.84. The van der Waals surface area contributed by atoms with E-state index in [1.807, 2.05) is 24.3 Å². The maximum absolute atomic E-state index is 12.5. The normalized spacial score (nSPS) is 14.7. The summed E-state index contributed by atoms with van der Waals surface area (Å²) in [5.74, 6) is -0.119. The van der Waals surface area contributed by atoms with E-state index in [4.69, 9.17) is 8.60 Å². The van der Waals surface area contributed by atoms with Gasteiger partial charge in [-0.15, -0.1) is 5.10 Å². The van der Waals surface area contributed by atoms with Crippen LogP contribution in [0.25, 0.3) is 0 Å². The van der Waals surface area contributed by atoms with Gasteiger partial charge in [0, 0.05) is 5.69 Å². The topological polar surface area (TPSA) is 123 Å². The smallest absolute Gasteiger partial charge is 0.320 e. The first kappa shape index (κ1) is 21.8. The summed E-state index contributed by atoms with van der Waals surface area (Å²) < 4.78 is 33.2. The molecule has 1 heterocycles. The fraction of sp³-hybridized carbons (Fsp3) is 0.318. The number of nitrogens with zero attached hydrogens (tertiary/aromatic N) is 2. The zero-order chi connectivity index (χ0) is 22.6. The van der Waals surface area contributed by atoms with Gasteiger partial charge in [-0.05, 0) is 48.6 Å². The highest BCUT2D eigenvalue weighted by molar-refractivity contribution is 7.86. The van der Waals surface area contributed by atoms with Crippen LogP contribution >= 0.6 is 0 Å². The fourth-order valence-corrected chi connectivity index (χ4v) is 4.22. The Kier molecular flexibility index (Phi) is 6.40. The van der Waals surface area contributed by atoms with Crippen molar-refractivity contribution in [1.29, 1.82) is 0 Å². The molecule has 3 aromatic rings. The van der Waals surface area contributed by atoms with Crippen LogP contribution in [0.15, 0.2) is 52.9 Å². The number of rotatable bonds is 7. The molecule has 0 aliphatic heterocycles. The van der Waals surface area contributed by atoms with E-state index in [-0.39, 0.29) is 17.7 Å². The predicted molar refractivity (Wildman–Crippen MR) is 120 cm³/mol. The average Bonchev–Trinajstić information content (AvgIpc) is 3.24. The Hall–Kier alpha value is -3.40. The highest BCUT2D eigenvalue weighted by Gasteiger charge is 2.18. The van der Waals surface area contributed by atoms with Crippen LogP contribution in [0, 0.1) is 0 Å². The molecule has 9 nitrogen and oxygen atoms in total. The maximum atomic E-state index is 12.5. The van der Waals surface area contributed by atoms with Gasteiger partial charge < -0.3 is 19.2 Å². The van der Waals surface area contributed by atoms with E-state index >= 15 is 0 Å². The monoisotopic (exact) mass is 456 g/mol. The summed E-state index contributed by atoms with van der Waals surface area (Å²) in [7, 11) is -3.72. The molecular formula is C22H24N4O5S. The van der Waals surface area contributed by atoms with Gasteiger partial charge in [-0.3, -0.25) is 4.79 Å². The summed E-state index contributed by atoms with van der Waals surface area (Å²) in [5.41, 5.74) is 2.22. The van der Waals surface area contributed by atoms with Crippen molar-refractivity contribution in [3.8, 4) is 5.75 Å². The average molecular weight is 457 g/mol. The Morgan fingerprint density at radius 3 is 2.47 bits per heavy atom. The van der Waals surface area contributed by atoms with Crippen LogP contribution in [-0.4, -0.2) is 30.8 Å². The summed E-state index contributed by atoms with van der Waals surface area (Å²) in [6, 6.07) is 14.1. The van der Waals surface area contributed by atoms with Crippen LogP contribution in [0.4, 0.5) is 17.4 Å². The molecule has 168 valence electrons. The summed E-state index contributed by atoms with van der Waals surface area (Å²) >= 11 is 0. The molecule has 0 unspecified atom stereocenters. The first-order valence-corrected chi connectivity index (χ1v) is 12.2. The van der Waals surface area contributed by atoms with Crippen molar-refractivity contribution in [3.63, 3.8) is 0 Å². The molecular weight excluding hydrogens is 432 g/mol. The van der Waals surface area contributed by atoms with Crippen LogP contribution in [0.5, 0.6) is 5.75 Å². The van der Waals surface area contributed by atoms with E-state index in [2.05, 4.69) is 20.8 Å². The van der Waals surface area contributed by atoms with Gasteiger partial charge in [0.25, 0.3) is 0 Å². The molecule has 1 aromatic heterocycles. The quantitative estimate of drug-likeness (QED) is 0.500. The lowest BCUT2D eigenvalue weighted by Gasteiger charge is -2.22. The number of hydrogen-bond donors (Lipinski definition) is 2. The summed E-state index contributed by atoms with van der Waals surface area (Å²) in [5, 5.41) is 13.1. The molecule has 0 spiro atoms. The first-order chi connectivity index (χ1) is 15.4. The molecule has 4 rings (SSSR count). The van der Waals surface area contributed by atoms with Crippen LogP contribution < -0.4 is 14.8 Å². The minimum absolute atomic E-state index is 0.0669. The lowest BCUT2D eigenvalue weighted by molar-refractivity contribution is 0.0991. The maximum Gasteiger partial charge on any atom is 0.320 e. The molecule has 1 saturated carbocycles. The number of benzene rings is 2. The van der Waals surface area contributed by atoms with Gasteiger partial charge in [0.05, 0.1) is 11.9 Å². The van der Waals surface area contributed by atoms with E-state index in [9.17, 15) is 13.2 Å². The van der Waals surface area contributed by atoms with Gasteiger partial charge in [0.15, 0.2) is 5.75 Å². The first-order valence-electron chi connectivity index (χ1n) is 10.4. The number of hydrogen-bond acceptors (Lipinski definition) is 8. The van der Waals surface area contributed by atoms with Crippen LogP contribution in [0.2, 0.25) is 0 Å². The highest BCUT2D eigenvalue weighted by Crippen LogP contribution is 2.33. The molecule has 2 N–H and O–H groups in total. The Bertz CT molecular complexity index is 1190. The molecule has 0 atom stereocenters. The Morgan fingerprint density at radius 1 is 1.03 bits per heavy atom. The van der Waals surface area contributed by atoms with E-state index in [1.165, 1.54) is 43.7 Å². The third-order valence-corrected chi connectivity index (χ3v) is 5.72. The van der Waals surface area contributed by atoms with Gasteiger partial charge in [-0.2, -0.15) is 8.42 Å². The number of carbonyl (C=O) groups is 1. The van der Waals surface area contributed by atoms with E-state index in [1.54, 1.807) is 18.2 Å². The minimum atomic E-state index is -3.72. The minimum Gasteiger partial charge on any atom is -0.399 e. The number of aromatic nitrogens is 2. The predicted octanol–water partition coefficient (Wildman–Crippen LogP) is 4.45. The molecule has 1 amide bonds. The van der Waals surface area contributed by atoms with Crippen molar-refractivity contribution < 1.29 is 21.8 Å². The van der Waals surface area contributed by atoms with Crippen molar-refractivity contribution in [2.24, 2.45) is 0 Å². The Balaban J connectivity index is 1.40. The SMILES string of the molecule is CS(=O)(=O)Oc1ccccc1Nc1nnc(C(=O)Nc2ccc(C3CCCCC3)cc2)o1. The van der Waals surface area contributed by atoms with Gasteiger partial charge in [0.1, 0.15) is 0 Å². The fourth-order valence-electron chi connectivity index (χ4n) is 3.75. The largest absolute Gasteiger partial charge is 0.399 e. The molecule has 10 heteroatoms. The van der Waals surface area contributed by atoms with Crippen molar-refractivity contribution in [3.05, 3.63) is 60.0 Å².